The zero-order chi connectivity index (χ0) is 10.8. The van der Waals surface area contributed by atoms with E-state index in [-0.39, 0.29) is 12.3 Å². The standard InChI is InChI=1S/C11H11NO3/c13-10-6-8(11(14)15)5-7-3-1-2-4-9(7)12-10/h1-4,8H,5-6H2,(H,12,13)(H,14,15)/t8-/m1/s1. The number of nitrogens with one attached hydrogen (secondary N) is 1. The van der Waals surface area contributed by atoms with Crippen LogP contribution in [0.25, 0.3) is 0 Å². The van der Waals surface area contributed by atoms with Crippen LogP contribution in [0.4, 0.5) is 5.69 Å². The van der Waals surface area contributed by atoms with Crippen LogP contribution in [0.15, 0.2) is 24.3 Å². The number of hydrogen-bond donors (Lipinski definition) is 2. The number of fused-ring (bicyclic) bond motifs is 1. The molecule has 2 N–H and O–H groups in total. The van der Waals surface area contributed by atoms with E-state index in [0.29, 0.717) is 6.42 Å². The van der Waals surface area contributed by atoms with Gasteiger partial charge in [0.15, 0.2) is 0 Å². The Bertz CT molecular complexity index is 414. The first-order valence-electron chi connectivity index (χ1n) is 4.77. The lowest BCUT2D eigenvalue weighted by atomic mass is 9.97. The summed E-state index contributed by atoms with van der Waals surface area (Å²) in [7, 11) is 0. The zero-order valence-electron chi connectivity index (χ0n) is 8.06. The summed E-state index contributed by atoms with van der Waals surface area (Å²) < 4.78 is 0. The van der Waals surface area contributed by atoms with Crippen LogP contribution in [0.1, 0.15) is 12.0 Å². The Morgan fingerprint density at radius 1 is 1.33 bits per heavy atom. The highest BCUT2D eigenvalue weighted by Gasteiger charge is 2.26. The summed E-state index contributed by atoms with van der Waals surface area (Å²) in [5, 5.41) is 11.6. The lowest BCUT2D eigenvalue weighted by molar-refractivity contribution is -0.143. The Kier molecular flexibility index (Phi) is 2.41. The van der Waals surface area contributed by atoms with E-state index in [1.807, 2.05) is 18.2 Å². The van der Waals surface area contributed by atoms with Crippen molar-refractivity contribution in [1.29, 1.82) is 0 Å². The van der Waals surface area contributed by atoms with Gasteiger partial charge in [0.05, 0.1) is 5.92 Å². The third-order valence-corrected chi connectivity index (χ3v) is 2.54. The molecule has 0 aromatic heterocycles. The van der Waals surface area contributed by atoms with Crippen LogP contribution < -0.4 is 5.32 Å². The van der Waals surface area contributed by atoms with Gasteiger partial charge in [0.25, 0.3) is 0 Å². The predicted molar refractivity (Wildman–Crippen MR) is 54.5 cm³/mol. The molecule has 1 aliphatic rings. The van der Waals surface area contributed by atoms with Crippen molar-refractivity contribution in [2.75, 3.05) is 5.32 Å². The molecule has 1 aliphatic heterocycles. The van der Waals surface area contributed by atoms with Crippen molar-refractivity contribution < 1.29 is 14.7 Å². The van der Waals surface area contributed by atoms with E-state index in [1.165, 1.54) is 0 Å². The van der Waals surface area contributed by atoms with Crippen LogP contribution in [-0.2, 0) is 16.0 Å². The van der Waals surface area contributed by atoms with E-state index in [2.05, 4.69) is 5.32 Å². The van der Waals surface area contributed by atoms with Crippen molar-refractivity contribution >= 4 is 17.6 Å². The summed E-state index contributed by atoms with van der Waals surface area (Å²) in [6, 6.07) is 7.30. The number of rotatable bonds is 1. The Morgan fingerprint density at radius 2 is 2.07 bits per heavy atom. The number of carbonyl (C=O) groups is 2. The fourth-order valence-corrected chi connectivity index (χ4v) is 1.76. The minimum Gasteiger partial charge on any atom is -0.481 e. The average molecular weight is 205 g/mol. The second kappa shape index (κ2) is 3.73. The number of carbonyl (C=O) groups excluding carboxylic acids is 1. The fourth-order valence-electron chi connectivity index (χ4n) is 1.76. The van der Waals surface area contributed by atoms with Gasteiger partial charge in [-0.25, -0.2) is 0 Å². The third kappa shape index (κ3) is 1.98. The number of aliphatic carboxylic acids is 1. The topological polar surface area (TPSA) is 66.4 Å². The molecule has 15 heavy (non-hydrogen) atoms. The maximum Gasteiger partial charge on any atom is 0.307 e. The number of amides is 1. The Morgan fingerprint density at radius 3 is 2.80 bits per heavy atom. The van der Waals surface area contributed by atoms with Crippen molar-refractivity contribution in [3.05, 3.63) is 29.8 Å². The summed E-state index contributed by atoms with van der Waals surface area (Å²) >= 11 is 0. The minimum atomic E-state index is -0.915. The monoisotopic (exact) mass is 205 g/mol. The molecular formula is C11H11NO3. The Balaban J connectivity index is 2.35. The molecular weight excluding hydrogens is 194 g/mol. The van der Waals surface area contributed by atoms with Gasteiger partial charge in [-0.15, -0.1) is 0 Å². The first-order chi connectivity index (χ1) is 7.16. The average Bonchev–Trinajstić information content (AvgIpc) is 2.35. The fraction of sp³-hybridized carbons (Fsp3) is 0.273. The molecule has 2 rings (SSSR count). The summed E-state index contributed by atoms with van der Waals surface area (Å²) in [6.07, 6.45) is 0.453. The molecule has 1 aromatic rings. The van der Waals surface area contributed by atoms with Crippen molar-refractivity contribution in [1.82, 2.24) is 0 Å². The lowest BCUT2D eigenvalue weighted by Gasteiger charge is -2.07. The minimum absolute atomic E-state index is 0.0456. The first-order valence-corrected chi connectivity index (χ1v) is 4.77. The molecule has 1 amide bonds. The zero-order valence-corrected chi connectivity index (χ0v) is 8.06. The first kappa shape index (κ1) is 9.71. The number of hydrogen-bond acceptors (Lipinski definition) is 2. The van der Waals surface area contributed by atoms with Crippen molar-refractivity contribution in [2.45, 2.75) is 12.8 Å². The number of carboxylic acids is 1. The van der Waals surface area contributed by atoms with E-state index in [0.717, 1.165) is 11.3 Å². The SMILES string of the molecule is O=C1C[C@H](C(=O)O)Cc2ccccc2N1. The van der Waals surface area contributed by atoms with Crippen molar-refractivity contribution in [2.24, 2.45) is 5.92 Å². The molecule has 0 bridgehead atoms. The van der Waals surface area contributed by atoms with Crippen LogP contribution in [0.2, 0.25) is 0 Å². The Labute approximate surface area is 86.9 Å². The normalized spacial score (nSPS) is 20.0. The smallest absolute Gasteiger partial charge is 0.307 e. The summed E-state index contributed by atoms with van der Waals surface area (Å²) in [4.78, 5) is 22.3. The summed E-state index contributed by atoms with van der Waals surface area (Å²) in [6.45, 7) is 0. The van der Waals surface area contributed by atoms with E-state index in [1.54, 1.807) is 6.07 Å². The maximum absolute atomic E-state index is 11.4. The molecule has 1 aromatic carbocycles. The highest BCUT2D eigenvalue weighted by Crippen LogP contribution is 2.24. The molecule has 4 heteroatoms. The van der Waals surface area contributed by atoms with Gasteiger partial charge in [-0.05, 0) is 18.1 Å². The van der Waals surface area contributed by atoms with Crippen molar-refractivity contribution in [3.8, 4) is 0 Å². The van der Waals surface area contributed by atoms with E-state index >= 15 is 0 Å². The number of carboxylic acid groups (broad SMARTS) is 1. The van der Waals surface area contributed by atoms with Crippen LogP contribution in [-0.4, -0.2) is 17.0 Å². The van der Waals surface area contributed by atoms with Gasteiger partial charge in [0.1, 0.15) is 0 Å². The van der Waals surface area contributed by atoms with E-state index < -0.39 is 11.9 Å². The largest absolute Gasteiger partial charge is 0.481 e. The van der Waals surface area contributed by atoms with E-state index in [4.69, 9.17) is 5.11 Å². The van der Waals surface area contributed by atoms with Gasteiger partial charge in [0, 0.05) is 12.1 Å². The van der Waals surface area contributed by atoms with Crippen LogP contribution in [0.3, 0.4) is 0 Å². The molecule has 0 fully saturated rings. The number of benzene rings is 1. The lowest BCUT2D eigenvalue weighted by Crippen LogP contribution is -2.20. The van der Waals surface area contributed by atoms with Crippen LogP contribution in [0.5, 0.6) is 0 Å². The number of para-hydroxylation sites is 1. The van der Waals surface area contributed by atoms with Crippen LogP contribution in [0, 0.1) is 5.92 Å². The van der Waals surface area contributed by atoms with Gasteiger partial charge in [-0.3, -0.25) is 9.59 Å². The molecule has 78 valence electrons. The second-order valence-corrected chi connectivity index (χ2v) is 3.65. The molecule has 1 atom stereocenters. The molecule has 4 nitrogen and oxygen atoms in total. The van der Waals surface area contributed by atoms with Gasteiger partial charge in [-0.1, -0.05) is 18.2 Å². The van der Waals surface area contributed by atoms with Gasteiger partial charge in [0.2, 0.25) is 5.91 Å². The molecule has 0 aliphatic carbocycles. The number of anilines is 1. The maximum atomic E-state index is 11.4. The second-order valence-electron chi connectivity index (χ2n) is 3.65. The predicted octanol–water partition coefficient (Wildman–Crippen LogP) is 1.27. The Hall–Kier alpha value is -1.84. The summed E-state index contributed by atoms with van der Waals surface area (Å²) in [5.41, 5.74) is 1.61. The molecule has 1 heterocycles. The molecule has 0 spiro atoms. The highest BCUT2D eigenvalue weighted by molar-refractivity contribution is 5.95. The summed E-state index contributed by atoms with van der Waals surface area (Å²) in [5.74, 6) is -1.76. The van der Waals surface area contributed by atoms with Crippen LogP contribution >= 0.6 is 0 Å². The van der Waals surface area contributed by atoms with Gasteiger partial charge >= 0.3 is 5.97 Å². The highest BCUT2D eigenvalue weighted by atomic mass is 16.4. The third-order valence-electron chi connectivity index (χ3n) is 2.54. The molecule has 0 saturated heterocycles. The molecule has 0 radical (unpaired) electrons. The molecule has 0 saturated carbocycles. The van der Waals surface area contributed by atoms with Gasteiger partial charge in [-0.2, -0.15) is 0 Å². The van der Waals surface area contributed by atoms with E-state index in [9.17, 15) is 9.59 Å². The van der Waals surface area contributed by atoms with Crippen molar-refractivity contribution in [3.63, 3.8) is 0 Å². The quantitative estimate of drug-likeness (QED) is 0.725. The molecule has 0 unspecified atom stereocenters. The van der Waals surface area contributed by atoms with Gasteiger partial charge < -0.3 is 10.4 Å².